The first-order valence-corrected chi connectivity index (χ1v) is 9.45. The Labute approximate surface area is 183 Å². The molecule has 0 saturated heterocycles. The van der Waals surface area contributed by atoms with Crippen LogP contribution in [0.3, 0.4) is 0 Å². The number of amides is 1. The molecule has 3 aromatic rings. The van der Waals surface area contributed by atoms with Crippen LogP contribution >= 0.6 is 0 Å². The lowest BCUT2D eigenvalue weighted by Crippen LogP contribution is -2.53. The van der Waals surface area contributed by atoms with Crippen LogP contribution in [0.25, 0.3) is 11.1 Å². The van der Waals surface area contributed by atoms with E-state index in [0.717, 1.165) is 12.1 Å². The zero-order chi connectivity index (χ0) is 24.6. The van der Waals surface area contributed by atoms with E-state index in [0.29, 0.717) is 17.8 Å². The average molecular weight is 473 g/mol. The lowest BCUT2D eigenvalue weighted by atomic mass is 9.90. The number of carbonyl (C=O) groups is 1. The van der Waals surface area contributed by atoms with Gasteiger partial charge in [-0.3, -0.25) is 15.1 Å². The first-order chi connectivity index (χ1) is 15.3. The first kappa shape index (κ1) is 24.2. The summed E-state index contributed by atoms with van der Waals surface area (Å²) >= 11 is 0. The summed E-state index contributed by atoms with van der Waals surface area (Å²) in [5.74, 6) is -1.00. The molecule has 0 atom stereocenters. The molecule has 6 nitrogen and oxygen atoms in total. The standard InChI is InChI=1S/C21H17F6N3O3/c1-11(2)16-15(18(33-30-16)29-17(31)13-7-9-28-10-8-13)12-3-5-14(6-4-12)19(32,20(22,23)24)21(25,26)27/h3-11,32H,1-2H3,(H,29,31). The van der Waals surface area contributed by atoms with Gasteiger partial charge >= 0.3 is 12.4 Å². The summed E-state index contributed by atoms with van der Waals surface area (Å²) in [4.78, 5) is 16.3. The van der Waals surface area contributed by atoms with Gasteiger partial charge in [0.25, 0.3) is 11.5 Å². The number of benzene rings is 1. The molecule has 0 spiro atoms. The predicted molar refractivity (Wildman–Crippen MR) is 104 cm³/mol. The number of nitrogens with one attached hydrogen (secondary N) is 1. The van der Waals surface area contributed by atoms with Gasteiger partial charge in [-0.25, -0.2) is 0 Å². The molecule has 1 aromatic carbocycles. The minimum absolute atomic E-state index is 0.125. The zero-order valence-electron chi connectivity index (χ0n) is 17.1. The zero-order valence-corrected chi connectivity index (χ0v) is 17.1. The molecule has 0 aliphatic heterocycles. The minimum atomic E-state index is -6.00. The molecular weight excluding hydrogens is 456 g/mol. The van der Waals surface area contributed by atoms with E-state index in [2.05, 4.69) is 15.5 Å². The largest absolute Gasteiger partial charge is 0.430 e. The van der Waals surface area contributed by atoms with Crippen molar-refractivity contribution in [1.82, 2.24) is 10.1 Å². The molecule has 2 aromatic heterocycles. The molecule has 176 valence electrons. The summed E-state index contributed by atoms with van der Waals surface area (Å²) in [5, 5.41) is 15.9. The molecule has 0 bridgehead atoms. The smallest absolute Gasteiger partial charge is 0.369 e. The van der Waals surface area contributed by atoms with Crippen molar-refractivity contribution in [3.8, 4) is 11.1 Å². The van der Waals surface area contributed by atoms with Gasteiger partial charge in [-0.1, -0.05) is 43.3 Å². The quantitative estimate of drug-likeness (QED) is 0.483. The molecule has 33 heavy (non-hydrogen) atoms. The average Bonchev–Trinajstić information content (AvgIpc) is 3.16. The van der Waals surface area contributed by atoms with Gasteiger partial charge in [0.1, 0.15) is 0 Å². The van der Waals surface area contributed by atoms with Gasteiger partial charge in [-0.05, 0) is 23.6 Å². The molecule has 0 fully saturated rings. The van der Waals surface area contributed by atoms with Crippen LogP contribution < -0.4 is 5.32 Å². The summed E-state index contributed by atoms with van der Waals surface area (Å²) in [7, 11) is 0. The molecule has 2 heterocycles. The Hall–Kier alpha value is -3.41. The van der Waals surface area contributed by atoms with Crippen molar-refractivity contribution in [2.24, 2.45) is 0 Å². The number of pyridine rings is 1. The van der Waals surface area contributed by atoms with Gasteiger partial charge in [-0.15, -0.1) is 0 Å². The number of nitrogens with zero attached hydrogens (tertiary/aromatic N) is 2. The number of hydrogen-bond acceptors (Lipinski definition) is 5. The van der Waals surface area contributed by atoms with Gasteiger partial charge in [0.2, 0.25) is 5.88 Å². The third-order valence-electron chi connectivity index (χ3n) is 4.85. The number of aromatic nitrogens is 2. The van der Waals surface area contributed by atoms with Crippen LogP contribution in [0, 0.1) is 0 Å². The fraction of sp³-hybridized carbons (Fsp3) is 0.286. The number of hydrogen-bond donors (Lipinski definition) is 2. The van der Waals surface area contributed by atoms with Crippen LogP contribution in [-0.2, 0) is 5.60 Å². The highest BCUT2D eigenvalue weighted by Crippen LogP contribution is 2.50. The number of aliphatic hydroxyl groups is 1. The Bertz CT molecular complexity index is 1110. The summed E-state index contributed by atoms with van der Waals surface area (Å²) in [6, 6.07) is 5.80. The van der Waals surface area contributed by atoms with E-state index in [4.69, 9.17) is 4.52 Å². The number of anilines is 1. The summed E-state index contributed by atoms with van der Waals surface area (Å²) in [6.07, 6.45) is -9.23. The van der Waals surface area contributed by atoms with Gasteiger partial charge < -0.3 is 9.63 Å². The van der Waals surface area contributed by atoms with Crippen molar-refractivity contribution in [2.45, 2.75) is 37.7 Å². The third-order valence-corrected chi connectivity index (χ3v) is 4.85. The SMILES string of the molecule is CC(C)c1noc(NC(=O)c2ccncc2)c1-c1ccc(C(O)(C(F)(F)F)C(F)(F)F)cc1. The van der Waals surface area contributed by atoms with E-state index in [1.54, 1.807) is 13.8 Å². The van der Waals surface area contributed by atoms with Gasteiger partial charge in [-0.2, -0.15) is 26.3 Å². The van der Waals surface area contributed by atoms with Crippen molar-refractivity contribution in [3.05, 3.63) is 65.6 Å². The van der Waals surface area contributed by atoms with Crippen molar-refractivity contribution in [3.63, 3.8) is 0 Å². The highest BCUT2D eigenvalue weighted by atomic mass is 19.4. The number of rotatable bonds is 5. The molecular formula is C21H17F6N3O3. The monoisotopic (exact) mass is 473 g/mol. The van der Waals surface area contributed by atoms with Gasteiger partial charge in [0.05, 0.1) is 11.3 Å². The maximum Gasteiger partial charge on any atom is 0.430 e. The van der Waals surface area contributed by atoms with Crippen molar-refractivity contribution < 1.29 is 40.8 Å². The fourth-order valence-electron chi connectivity index (χ4n) is 3.11. The second kappa shape index (κ2) is 8.50. The van der Waals surface area contributed by atoms with Crippen LogP contribution in [0.1, 0.15) is 41.4 Å². The van der Waals surface area contributed by atoms with E-state index in [9.17, 15) is 36.2 Å². The van der Waals surface area contributed by atoms with Crippen LogP contribution in [0.2, 0.25) is 0 Å². The predicted octanol–water partition coefficient (Wildman–Crippen LogP) is 5.42. The molecule has 3 rings (SSSR count). The number of alkyl halides is 6. The third kappa shape index (κ3) is 4.42. The highest BCUT2D eigenvalue weighted by Gasteiger charge is 2.71. The fourth-order valence-corrected chi connectivity index (χ4v) is 3.11. The molecule has 0 aliphatic carbocycles. The summed E-state index contributed by atoms with van der Waals surface area (Å²) < 4.78 is 84.1. The van der Waals surface area contributed by atoms with Crippen LogP contribution in [0.4, 0.5) is 32.2 Å². The van der Waals surface area contributed by atoms with E-state index in [1.807, 2.05) is 0 Å². The number of halogens is 6. The Morgan fingerprint density at radius 1 is 0.970 bits per heavy atom. The first-order valence-electron chi connectivity index (χ1n) is 9.45. The maximum atomic E-state index is 13.2. The summed E-state index contributed by atoms with van der Waals surface area (Å²) in [5.41, 5.74) is -5.60. The molecule has 0 unspecified atom stereocenters. The molecule has 0 saturated carbocycles. The van der Waals surface area contributed by atoms with Crippen LogP contribution in [-0.4, -0.2) is 33.5 Å². The van der Waals surface area contributed by atoms with Gasteiger partial charge in [0.15, 0.2) is 0 Å². The molecule has 0 aliphatic rings. The van der Waals surface area contributed by atoms with Crippen LogP contribution in [0.5, 0.6) is 0 Å². The second-order valence-corrected chi connectivity index (χ2v) is 7.40. The second-order valence-electron chi connectivity index (χ2n) is 7.40. The molecule has 12 heteroatoms. The van der Waals surface area contributed by atoms with E-state index in [-0.39, 0.29) is 28.5 Å². The van der Waals surface area contributed by atoms with E-state index in [1.165, 1.54) is 24.5 Å². The Morgan fingerprint density at radius 3 is 2.00 bits per heavy atom. The normalized spacial score (nSPS) is 12.8. The summed E-state index contributed by atoms with van der Waals surface area (Å²) in [6.45, 7) is 3.46. The Morgan fingerprint density at radius 2 is 1.52 bits per heavy atom. The Kier molecular flexibility index (Phi) is 6.25. The Balaban J connectivity index is 2.04. The lowest BCUT2D eigenvalue weighted by Gasteiger charge is -2.32. The van der Waals surface area contributed by atoms with Crippen molar-refractivity contribution >= 4 is 11.8 Å². The highest BCUT2D eigenvalue weighted by molar-refractivity contribution is 6.05. The molecule has 2 N–H and O–H groups in total. The maximum absolute atomic E-state index is 13.2. The van der Waals surface area contributed by atoms with E-state index < -0.39 is 29.4 Å². The van der Waals surface area contributed by atoms with Crippen LogP contribution in [0.15, 0.2) is 53.3 Å². The van der Waals surface area contributed by atoms with Crippen molar-refractivity contribution in [1.29, 1.82) is 0 Å². The molecule has 1 amide bonds. The van der Waals surface area contributed by atoms with E-state index >= 15 is 0 Å². The topological polar surface area (TPSA) is 88.3 Å². The molecule has 0 radical (unpaired) electrons. The lowest BCUT2D eigenvalue weighted by molar-refractivity contribution is -0.376. The minimum Gasteiger partial charge on any atom is -0.369 e. The van der Waals surface area contributed by atoms with Crippen molar-refractivity contribution in [2.75, 3.05) is 5.32 Å². The number of carbonyl (C=O) groups excluding carboxylic acids is 1. The van der Waals surface area contributed by atoms with Gasteiger partial charge in [0, 0.05) is 23.5 Å².